The van der Waals surface area contributed by atoms with Gasteiger partial charge in [-0.15, -0.1) is 0 Å². The number of hydrogen-bond acceptors (Lipinski definition) is 16. The molecule has 1 N–H and O–H groups in total. The summed E-state index contributed by atoms with van der Waals surface area (Å²) in [5, 5.41) is 10.8. The molecule has 88 heavy (non-hydrogen) atoms. The molecule has 3 radical (unpaired) electrons. The van der Waals surface area contributed by atoms with Crippen molar-refractivity contribution in [3.8, 4) is 11.5 Å². The van der Waals surface area contributed by atoms with Gasteiger partial charge in [-0.1, -0.05) is 115 Å². The minimum Gasteiger partial charge on any atom is -1.00 e. The van der Waals surface area contributed by atoms with E-state index in [1.807, 2.05) is 103 Å². The molecule has 9 atom stereocenters. The molecule has 18 nitrogen and oxygen atoms in total. The smallest absolute Gasteiger partial charge is 1.00 e. The maximum Gasteiger partial charge on any atom is 1.00 e. The Kier molecular flexibility index (Phi) is 24.3. The molecule has 5 aliphatic heterocycles. The third-order valence-corrected chi connectivity index (χ3v) is 16.4. The van der Waals surface area contributed by atoms with Crippen molar-refractivity contribution in [1.82, 2.24) is 9.80 Å². The van der Waals surface area contributed by atoms with Gasteiger partial charge in [0.1, 0.15) is 40.5 Å². The Morgan fingerprint density at radius 3 is 1.39 bits per heavy atom. The first-order valence-electron chi connectivity index (χ1n) is 29.4. The van der Waals surface area contributed by atoms with Crippen LogP contribution in [-0.2, 0) is 94.8 Å². The Bertz CT molecular complexity index is 3100. The predicted molar refractivity (Wildman–Crippen MR) is 324 cm³/mol. The molecule has 10 rings (SSSR count). The number of esters is 3. The average Bonchev–Trinajstić information content (AvgIpc) is 1.54. The van der Waals surface area contributed by atoms with Crippen LogP contribution in [0.5, 0.6) is 11.5 Å². The van der Waals surface area contributed by atoms with Gasteiger partial charge in [0.15, 0.2) is 18.1 Å². The van der Waals surface area contributed by atoms with Crippen LogP contribution in [0, 0.1) is 11.8 Å². The first-order valence-corrected chi connectivity index (χ1v) is 29.4. The summed E-state index contributed by atoms with van der Waals surface area (Å²) in [6.07, 6.45) is 1.94. The van der Waals surface area contributed by atoms with E-state index in [2.05, 4.69) is 6.92 Å². The molecule has 0 spiro atoms. The topological polar surface area (TPSA) is 204 Å². The van der Waals surface area contributed by atoms with Crippen LogP contribution in [0.25, 0.3) is 0 Å². The van der Waals surface area contributed by atoms with Gasteiger partial charge in [-0.25, -0.2) is 14.4 Å². The quantitative estimate of drug-likeness (QED) is 0.0427. The molecule has 5 fully saturated rings. The molecule has 0 aromatic heterocycles. The first kappa shape index (κ1) is 71.0. The zero-order chi connectivity index (χ0) is 62.1. The van der Waals surface area contributed by atoms with Gasteiger partial charge < -0.3 is 63.7 Å². The van der Waals surface area contributed by atoms with E-state index in [9.17, 15) is 29.1 Å². The molecule has 0 bridgehead atoms. The van der Waals surface area contributed by atoms with Crippen LogP contribution in [0.2, 0.25) is 0 Å². The zero-order valence-electron chi connectivity index (χ0n) is 54.0. The monoisotopic (exact) mass is 1220 g/mol. The summed E-state index contributed by atoms with van der Waals surface area (Å²) in [5.74, 6) is -3.49. The van der Waals surface area contributed by atoms with Crippen molar-refractivity contribution in [2.75, 3.05) is 27.4 Å². The maximum absolute atomic E-state index is 14.5. The molecule has 5 saturated heterocycles. The van der Waals surface area contributed by atoms with Crippen LogP contribution < -0.4 is 39.0 Å². The number of hydrogen-bond donors (Lipinski definition) is 1. The molecule has 1 unspecified atom stereocenters. The fourth-order valence-electron chi connectivity index (χ4n) is 11.9. The van der Waals surface area contributed by atoms with Gasteiger partial charge in [-0.3, -0.25) is 9.59 Å². The van der Waals surface area contributed by atoms with Crippen molar-refractivity contribution in [1.29, 1.82) is 0 Å². The minimum atomic E-state index is -2.26. The van der Waals surface area contributed by atoms with Gasteiger partial charge in [-0.05, 0) is 127 Å². The summed E-state index contributed by atoms with van der Waals surface area (Å²) in [4.78, 5) is 73.6. The summed E-state index contributed by atoms with van der Waals surface area (Å²) in [6, 6.07) is 42.6. The molecule has 2 amide bonds. The molecule has 5 aromatic rings. The van der Waals surface area contributed by atoms with Gasteiger partial charge in [-0.2, -0.15) is 0 Å². The SMILES string of the molecule is CC1CCCO1.COc1ccc(CN2C(=O)[C@@H]3C[C@H](OCc4ccccc4)O[C@]3(C)[C@]2(C(=O)OCc2ccccc2)C(=O)OC(C)(C)C)cc1.COc1ccc(CN2C(=O)[C@@H]3C[C@H](OCc4ccccc4)O[C@]3(C)[C@]2(CO)C(=O)OC(C)(C)C)cc1.[B].[H-].[Na+]. The van der Waals surface area contributed by atoms with E-state index in [-0.39, 0.29) is 84.4 Å². The maximum atomic E-state index is 14.5. The fraction of sp³-hybridized carbons (Fsp3) is 0.485. The Hall–Kier alpha value is -6.13. The number of amides is 2. The number of methoxy groups -OCH3 is 2. The summed E-state index contributed by atoms with van der Waals surface area (Å²) in [6.45, 7) is 16.6. The van der Waals surface area contributed by atoms with Gasteiger partial charge in [0.2, 0.25) is 11.8 Å². The number of carbonyl (C=O) groups excluding carboxylic acids is 5. The van der Waals surface area contributed by atoms with Crippen LogP contribution in [0.15, 0.2) is 140 Å². The number of nitrogens with zero attached hydrogens (tertiary/aromatic N) is 2. The number of ether oxygens (including phenoxy) is 10. The first-order chi connectivity index (χ1) is 40.9. The molecule has 5 heterocycles. The fourth-order valence-corrected chi connectivity index (χ4v) is 11.9. The molecular weight excluding hydrogens is 1130 g/mol. The Balaban J connectivity index is 0.000000291. The van der Waals surface area contributed by atoms with Crippen LogP contribution in [0.4, 0.5) is 0 Å². The second kappa shape index (κ2) is 30.1. The largest absolute Gasteiger partial charge is 1.00 e. The second-order valence-electron chi connectivity index (χ2n) is 24.6. The third-order valence-electron chi connectivity index (χ3n) is 16.4. The number of aliphatic hydroxyl groups is 1. The van der Waals surface area contributed by atoms with Crippen molar-refractivity contribution in [3.63, 3.8) is 0 Å². The molecule has 0 aliphatic carbocycles. The minimum absolute atomic E-state index is 0. The van der Waals surface area contributed by atoms with E-state index in [1.54, 1.807) is 106 Å². The number of likely N-dealkylation sites (tertiary alicyclic amines) is 2. The van der Waals surface area contributed by atoms with Crippen molar-refractivity contribution in [3.05, 3.63) is 167 Å². The van der Waals surface area contributed by atoms with Gasteiger partial charge >= 0.3 is 47.5 Å². The van der Waals surface area contributed by atoms with E-state index in [1.165, 1.54) is 22.6 Å². The summed E-state index contributed by atoms with van der Waals surface area (Å²) in [5.41, 5.74) is -4.74. The molecule has 5 aromatic carbocycles. The summed E-state index contributed by atoms with van der Waals surface area (Å²) >= 11 is 0. The Morgan fingerprint density at radius 1 is 0.580 bits per heavy atom. The Morgan fingerprint density at radius 2 is 0.989 bits per heavy atom. The van der Waals surface area contributed by atoms with Crippen LogP contribution in [-0.4, -0.2) is 133 Å². The van der Waals surface area contributed by atoms with Crippen molar-refractivity contribution in [2.24, 2.45) is 11.8 Å². The zero-order valence-corrected chi connectivity index (χ0v) is 55.0. The standard InChI is InChI=1S/C35H39NO8.C28H35NO7.C5H10O.B.Na.H/c1-33(2,3)44-32(39)35(31(38)42-23-26-14-10-7-11-15-26)34(4)28(20-29(43-34)41-22-25-12-8-6-9-13-25)30(37)36(35)21-24-16-18-27(40-5)19-17-24;1-26(2,3)36-25(32)28(18-30)27(4)22(15-23(35-27)34-17-20-9-7-6-8-10-20)24(31)29(28)16-19-11-13-21(33-5)14-12-19;1-5-3-2-4-6-5;;;/h6-19,28-29H,20-23H2,1-5H3;6-14,22-23,30H,15-18H2,1-5H3;5H,2-4H2,1H3;;;/q;;;;+1;-1/t28-,29+,34-,35-;22-,23+,27-,28-;;;;/m00..../s1. The number of aliphatic hydroxyl groups excluding tert-OH is 1. The van der Waals surface area contributed by atoms with Crippen molar-refractivity contribution < 1.29 is 107 Å². The normalized spacial score (nSPS) is 26.0. The summed E-state index contributed by atoms with van der Waals surface area (Å²) < 4.78 is 58.1. The van der Waals surface area contributed by atoms with Crippen LogP contribution in [0.3, 0.4) is 0 Å². The number of benzene rings is 5. The van der Waals surface area contributed by atoms with E-state index >= 15 is 0 Å². The molecule has 5 aliphatic rings. The molecular formula is C68H85BN2NaO16. The molecule has 0 saturated carbocycles. The van der Waals surface area contributed by atoms with Crippen molar-refractivity contribution in [2.45, 2.75) is 173 Å². The van der Waals surface area contributed by atoms with Crippen LogP contribution >= 0.6 is 0 Å². The van der Waals surface area contributed by atoms with Crippen LogP contribution in [0.1, 0.15) is 117 Å². The number of carbonyl (C=O) groups is 5. The van der Waals surface area contributed by atoms with Gasteiger partial charge in [0.25, 0.3) is 5.54 Å². The molecule has 467 valence electrons. The van der Waals surface area contributed by atoms with E-state index in [4.69, 9.17) is 47.4 Å². The number of fused-ring (bicyclic) bond motifs is 2. The van der Waals surface area contributed by atoms with Gasteiger partial charge in [0, 0.05) is 41.0 Å². The van der Waals surface area contributed by atoms with Crippen molar-refractivity contribution >= 4 is 38.1 Å². The Labute approximate surface area is 543 Å². The van der Waals surface area contributed by atoms with E-state index < -0.39 is 88.3 Å². The summed E-state index contributed by atoms with van der Waals surface area (Å²) in [7, 11) is 3.14. The average molecular weight is 1220 g/mol. The second-order valence-corrected chi connectivity index (χ2v) is 24.6. The third kappa shape index (κ3) is 15.5. The van der Waals surface area contributed by atoms with Gasteiger partial charge in [0.05, 0.1) is 52.0 Å². The van der Waals surface area contributed by atoms with E-state index in [0.717, 1.165) is 28.9 Å². The predicted octanol–water partition coefficient (Wildman–Crippen LogP) is 6.57. The number of rotatable bonds is 18. The molecule has 20 heteroatoms. The van der Waals surface area contributed by atoms with E-state index in [0.29, 0.717) is 29.8 Å².